The lowest BCUT2D eigenvalue weighted by molar-refractivity contribution is 1.04. The van der Waals surface area contributed by atoms with Gasteiger partial charge in [0.25, 0.3) is 0 Å². The van der Waals surface area contributed by atoms with E-state index in [4.69, 9.17) is 0 Å². The number of para-hydroxylation sites is 1. The number of aromatic nitrogens is 2. The summed E-state index contributed by atoms with van der Waals surface area (Å²) in [5.74, 6) is 2.12. The highest BCUT2D eigenvalue weighted by molar-refractivity contribution is 5.86. The summed E-state index contributed by atoms with van der Waals surface area (Å²) in [5.41, 5.74) is 1.94. The van der Waals surface area contributed by atoms with Crippen molar-refractivity contribution in [2.24, 2.45) is 0 Å². The second-order valence-electron chi connectivity index (χ2n) is 6.51. The molecule has 3 aromatic carbocycles. The predicted molar refractivity (Wildman–Crippen MR) is 113 cm³/mol. The maximum absolute atomic E-state index is 4.63. The second kappa shape index (κ2) is 7.33. The van der Waals surface area contributed by atoms with Gasteiger partial charge < -0.3 is 15.5 Å². The van der Waals surface area contributed by atoms with Gasteiger partial charge >= 0.3 is 0 Å². The first-order valence-electron chi connectivity index (χ1n) is 8.82. The number of anilines is 5. The van der Waals surface area contributed by atoms with Crippen LogP contribution in [0.1, 0.15) is 0 Å². The van der Waals surface area contributed by atoms with Crippen molar-refractivity contribution in [1.29, 1.82) is 0 Å². The van der Waals surface area contributed by atoms with E-state index in [1.165, 1.54) is 10.8 Å². The molecule has 2 N–H and O–H groups in total. The van der Waals surface area contributed by atoms with Crippen LogP contribution in [0.25, 0.3) is 10.8 Å². The zero-order valence-corrected chi connectivity index (χ0v) is 15.3. The van der Waals surface area contributed by atoms with Crippen LogP contribution in [0.5, 0.6) is 0 Å². The zero-order chi connectivity index (χ0) is 18.6. The fourth-order valence-corrected chi connectivity index (χ4v) is 2.85. The summed E-state index contributed by atoms with van der Waals surface area (Å²) in [4.78, 5) is 11.2. The highest BCUT2D eigenvalue weighted by atomic mass is 15.2. The molecule has 134 valence electrons. The Labute approximate surface area is 158 Å². The molecule has 0 aliphatic rings. The van der Waals surface area contributed by atoms with Crippen LogP contribution in [0.4, 0.5) is 29.0 Å². The van der Waals surface area contributed by atoms with Gasteiger partial charge in [-0.2, -0.15) is 9.97 Å². The summed E-state index contributed by atoms with van der Waals surface area (Å²) >= 11 is 0. The largest absolute Gasteiger partial charge is 0.363 e. The number of rotatable bonds is 5. The molecule has 0 saturated heterocycles. The first-order valence-corrected chi connectivity index (χ1v) is 8.82. The minimum absolute atomic E-state index is 0.552. The molecule has 5 heteroatoms. The van der Waals surface area contributed by atoms with Crippen LogP contribution in [0, 0.1) is 0 Å². The molecule has 0 saturated carbocycles. The summed E-state index contributed by atoms with van der Waals surface area (Å²) in [7, 11) is 3.93. The van der Waals surface area contributed by atoms with Gasteiger partial charge in [-0.1, -0.05) is 48.5 Å². The molecule has 0 radical (unpaired) electrons. The Balaban J connectivity index is 1.66. The summed E-state index contributed by atoms with van der Waals surface area (Å²) in [5, 5.41) is 9.07. The predicted octanol–water partition coefficient (Wildman–Crippen LogP) is 5.18. The Hall–Kier alpha value is -3.60. The average Bonchev–Trinajstić information content (AvgIpc) is 2.68. The van der Waals surface area contributed by atoms with Crippen molar-refractivity contribution in [3.8, 4) is 0 Å². The molecule has 0 aliphatic carbocycles. The lowest BCUT2D eigenvalue weighted by Gasteiger charge is -2.16. The zero-order valence-electron chi connectivity index (χ0n) is 15.3. The average molecular weight is 355 g/mol. The molecule has 0 bridgehead atoms. The molecule has 4 aromatic rings. The molecular weight excluding hydrogens is 334 g/mol. The maximum Gasteiger partial charge on any atom is 0.231 e. The second-order valence-corrected chi connectivity index (χ2v) is 6.51. The van der Waals surface area contributed by atoms with Crippen LogP contribution in [0.3, 0.4) is 0 Å². The first kappa shape index (κ1) is 16.8. The highest BCUT2D eigenvalue weighted by Crippen LogP contribution is 2.25. The van der Waals surface area contributed by atoms with Crippen molar-refractivity contribution in [3.05, 3.63) is 78.9 Å². The van der Waals surface area contributed by atoms with Crippen molar-refractivity contribution >= 4 is 39.7 Å². The molecule has 0 fully saturated rings. The lowest BCUT2D eigenvalue weighted by Crippen LogP contribution is -2.13. The SMILES string of the molecule is CN(C)c1cc(Nc2ccc3ccccc3c2)nc(Nc2ccccc2)n1. The van der Waals surface area contributed by atoms with E-state index in [0.29, 0.717) is 5.95 Å². The minimum Gasteiger partial charge on any atom is -0.363 e. The Bertz CT molecular complexity index is 1060. The third-order valence-electron chi connectivity index (χ3n) is 4.22. The fourth-order valence-electron chi connectivity index (χ4n) is 2.85. The van der Waals surface area contributed by atoms with Crippen LogP contribution < -0.4 is 15.5 Å². The van der Waals surface area contributed by atoms with Gasteiger partial charge in [-0.15, -0.1) is 0 Å². The Morgan fingerprint density at radius 3 is 2.19 bits per heavy atom. The fraction of sp³-hybridized carbons (Fsp3) is 0.0909. The van der Waals surface area contributed by atoms with Crippen LogP contribution in [-0.2, 0) is 0 Å². The lowest BCUT2D eigenvalue weighted by atomic mass is 10.1. The third-order valence-corrected chi connectivity index (χ3v) is 4.22. The molecule has 0 spiro atoms. The van der Waals surface area contributed by atoms with Gasteiger partial charge in [0.15, 0.2) is 0 Å². The number of hydrogen-bond acceptors (Lipinski definition) is 5. The van der Waals surface area contributed by atoms with Crippen LogP contribution >= 0.6 is 0 Å². The normalized spacial score (nSPS) is 10.6. The Morgan fingerprint density at radius 1 is 0.667 bits per heavy atom. The third kappa shape index (κ3) is 3.98. The van der Waals surface area contributed by atoms with Gasteiger partial charge in [-0.25, -0.2) is 0 Å². The van der Waals surface area contributed by atoms with Crippen LogP contribution in [0.2, 0.25) is 0 Å². The summed E-state index contributed by atoms with van der Waals surface area (Å²) in [6.07, 6.45) is 0. The molecule has 4 rings (SSSR count). The minimum atomic E-state index is 0.552. The number of nitrogens with zero attached hydrogens (tertiary/aromatic N) is 3. The molecule has 1 aromatic heterocycles. The van der Waals surface area contributed by atoms with Crippen LogP contribution in [0.15, 0.2) is 78.9 Å². The molecule has 1 heterocycles. The van der Waals surface area contributed by atoms with Crippen molar-refractivity contribution in [2.45, 2.75) is 0 Å². The van der Waals surface area contributed by atoms with E-state index in [-0.39, 0.29) is 0 Å². The first-order chi connectivity index (χ1) is 13.2. The monoisotopic (exact) mass is 355 g/mol. The topological polar surface area (TPSA) is 53.1 Å². The van der Waals surface area contributed by atoms with E-state index in [9.17, 15) is 0 Å². The molecule has 27 heavy (non-hydrogen) atoms. The maximum atomic E-state index is 4.63. The van der Waals surface area contributed by atoms with Crippen molar-refractivity contribution in [3.63, 3.8) is 0 Å². The summed E-state index contributed by atoms with van der Waals surface area (Å²) in [6.45, 7) is 0. The van der Waals surface area contributed by atoms with E-state index in [0.717, 1.165) is 23.0 Å². The summed E-state index contributed by atoms with van der Waals surface area (Å²) < 4.78 is 0. The van der Waals surface area contributed by atoms with Gasteiger partial charge in [0.1, 0.15) is 11.6 Å². The van der Waals surface area contributed by atoms with E-state index in [2.05, 4.69) is 50.9 Å². The number of benzene rings is 3. The van der Waals surface area contributed by atoms with E-state index >= 15 is 0 Å². The highest BCUT2D eigenvalue weighted by Gasteiger charge is 2.08. The van der Waals surface area contributed by atoms with Gasteiger partial charge in [0.05, 0.1) is 0 Å². The van der Waals surface area contributed by atoms with Crippen molar-refractivity contribution in [2.75, 3.05) is 29.6 Å². The standard InChI is InChI=1S/C22H21N5/c1-27(2)21-15-20(25-22(26-21)24-18-10-4-3-5-11-18)23-19-13-12-16-8-6-7-9-17(16)14-19/h3-15H,1-2H3,(H2,23,24,25,26). The summed E-state index contributed by atoms with van der Waals surface area (Å²) in [6, 6.07) is 26.4. The molecule has 0 unspecified atom stereocenters. The van der Waals surface area contributed by atoms with E-state index in [1.54, 1.807) is 0 Å². The van der Waals surface area contributed by atoms with E-state index < -0.39 is 0 Å². The molecule has 0 amide bonds. The molecule has 0 aliphatic heterocycles. The van der Waals surface area contributed by atoms with Gasteiger partial charge in [-0.3, -0.25) is 0 Å². The number of hydrogen-bond donors (Lipinski definition) is 2. The van der Waals surface area contributed by atoms with Crippen molar-refractivity contribution in [1.82, 2.24) is 9.97 Å². The smallest absolute Gasteiger partial charge is 0.231 e. The van der Waals surface area contributed by atoms with Crippen molar-refractivity contribution < 1.29 is 0 Å². The van der Waals surface area contributed by atoms with Gasteiger partial charge in [0, 0.05) is 31.5 Å². The van der Waals surface area contributed by atoms with Gasteiger partial charge in [0.2, 0.25) is 5.95 Å². The Morgan fingerprint density at radius 2 is 1.41 bits per heavy atom. The van der Waals surface area contributed by atoms with Crippen LogP contribution in [-0.4, -0.2) is 24.1 Å². The molecular formula is C22H21N5. The quantitative estimate of drug-likeness (QED) is 0.516. The van der Waals surface area contributed by atoms with E-state index in [1.807, 2.05) is 67.5 Å². The number of nitrogens with one attached hydrogen (secondary N) is 2. The molecule has 5 nitrogen and oxygen atoms in total. The van der Waals surface area contributed by atoms with Gasteiger partial charge in [-0.05, 0) is 35.0 Å². The number of fused-ring (bicyclic) bond motifs is 1. The molecule has 0 atom stereocenters. The Kier molecular flexibility index (Phi) is 4.58.